The van der Waals surface area contributed by atoms with Gasteiger partial charge in [-0.3, -0.25) is 0 Å². The summed E-state index contributed by atoms with van der Waals surface area (Å²) < 4.78 is 4.99. The standard InChI is InChI=1S/C16H26N2O/c1-19-10-9-17-7-4-8-18-13-14-11-15-5-2-3-6-16(15)12-14/h2-3,5-6,14,17-18H,4,7-13H2,1H3. The molecule has 0 spiro atoms. The fourth-order valence-electron chi connectivity index (χ4n) is 2.74. The Morgan fingerprint density at radius 1 is 1.05 bits per heavy atom. The van der Waals surface area contributed by atoms with Crippen LogP contribution in [0.2, 0.25) is 0 Å². The molecule has 3 nitrogen and oxygen atoms in total. The van der Waals surface area contributed by atoms with Crippen LogP contribution in [-0.4, -0.2) is 39.9 Å². The molecule has 2 rings (SSSR count). The highest BCUT2D eigenvalue weighted by Gasteiger charge is 2.19. The molecule has 1 aromatic carbocycles. The quantitative estimate of drug-likeness (QED) is 0.664. The molecule has 1 aliphatic rings. The molecular weight excluding hydrogens is 236 g/mol. The van der Waals surface area contributed by atoms with Crippen molar-refractivity contribution in [1.82, 2.24) is 10.6 Å². The van der Waals surface area contributed by atoms with Crippen LogP contribution in [0.1, 0.15) is 17.5 Å². The predicted octanol–water partition coefficient (Wildman–Crippen LogP) is 1.62. The minimum Gasteiger partial charge on any atom is -0.383 e. The smallest absolute Gasteiger partial charge is 0.0587 e. The Morgan fingerprint density at radius 3 is 2.42 bits per heavy atom. The molecule has 0 aromatic heterocycles. The topological polar surface area (TPSA) is 33.3 Å². The Labute approximate surface area is 116 Å². The minimum absolute atomic E-state index is 0.791. The van der Waals surface area contributed by atoms with Crippen molar-refractivity contribution in [3.05, 3.63) is 35.4 Å². The average Bonchev–Trinajstić information content (AvgIpc) is 2.84. The molecular formula is C16H26N2O. The molecule has 106 valence electrons. The Balaban J connectivity index is 1.49. The highest BCUT2D eigenvalue weighted by atomic mass is 16.5. The van der Waals surface area contributed by atoms with Gasteiger partial charge in [-0.05, 0) is 55.9 Å². The summed E-state index contributed by atoms with van der Waals surface area (Å²) in [5.74, 6) is 0.791. The van der Waals surface area contributed by atoms with Gasteiger partial charge in [-0.2, -0.15) is 0 Å². The highest BCUT2D eigenvalue weighted by Crippen LogP contribution is 2.25. The maximum absolute atomic E-state index is 4.99. The third-order valence-electron chi connectivity index (χ3n) is 3.76. The minimum atomic E-state index is 0.791. The third kappa shape index (κ3) is 4.94. The molecule has 0 aliphatic heterocycles. The molecule has 0 amide bonds. The normalized spacial score (nSPS) is 14.8. The van der Waals surface area contributed by atoms with Crippen LogP contribution < -0.4 is 10.6 Å². The second-order valence-corrected chi connectivity index (χ2v) is 5.34. The number of fused-ring (bicyclic) bond motifs is 1. The first-order chi connectivity index (χ1) is 9.40. The largest absolute Gasteiger partial charge is 0.383 e. The van der Waals surface area contributed by atoms with E-state index in [1.54, 1.807) is 18.2 Å². The molecule has 2 N–H and O–H groups in total. The SMILES string of the molecule is COCCNCCCNCC1Cc2ccccc2C1. The van der Waals surface area contributed by atoms with Crippen molar-refractivity contribution >= 4 is 0 Å². The lowest BCUT2D eigenvalue weighted by atomic mass is 10.1. The van der Waals surface area contributed by atoms with Crippen molar-refractivity contribution < 1.29 is 4.74 Å². The van der Waals surface area contributed by atoms with Gasteiger partial charge in [0.25, 0.3) is 0 Å². The lowest BCUT2D eigenvalue weighted by Crippen LogP contribution is -2.27. The second-order valence-electron chi connectivity index (χ2n) is 5.34. The van der Waals surface area contributed by atoms with Crippen molar-refractivity contribution in [2.45, 2.75) is 19.3 Å². The van der Waals surface area contributed by atoms with E-state index in [9.17, 15) is 0 Å². The lowest BCUT2D eigenvalue weighted by molar-refractivity contribution is 0.199. The number of hydrogen-bond donors (Lipinski definition) is 2. The van der Waals surface area contributed by atoms with Gasteiger partial charge in [0.15, 0.2) is 0 Å². The molecule has 1 aromatic rings. The molecule has 0 radical (unpaired) electrons. The number of benzene rings is 1. The van der Waals surface area contributed by atoms with Gasteiger partial charge >= 0.3 is 0 Å². The fraction of sp³-hybridized carbons (Fsp3) is 0.625. The van der Waals surface area contributed by atoms with Crippen LogP contribution in [0, 0.1) is 5.92 Å². The Kier molecular flexibility index (Phi) is 6.34. The predicted molar refractivity (Wildman–Crippen MR) is 79.6 cm³/mol. The number of hydrogen-bond acceptors (Lipinski definition) is 3. The summed E-state index contributed by atoms with van der Waals surface area (Å²) in [4.78, 5) is 0. The Morgan fingerprint density at radius 2 is 1.74 bits per heavy atom. The van der Waals surface area contributed by atoms with Gasteiger partial charge in [0, 0.05) is 13.7 Å². The number of rotatable bonds is 9. The molecule has 0 saturated heterocycles. The first-order valence-corrected chi connectivity index (χ1v) is 7.37. The average molecular weight is 262 g/mol. The molecule has 0 fully saturated rings. The van der Waals surface area contributed by atoms with Gasteiger partial charge in [0.1, 0.15) is 0 Å². The molecule has 3 heteroatoms. The first-order valence-electron chi connectivity index (χ1n) is 7.37. The van der Waals surface area contributed by atoms with Gasteiger partial charge in [0.2, 0.25) is 0 Å². The van der Waals surface area contributed by atoms with E-state index in [-0.39, 0.29) is 0 Å². The van der Waals surface area contributed by atoms with Crippen LogP contribution in [0.5, 0.6) is 0 Å². The van der Waals surface area contributed by atoms with Crippen LogP contribution >= 0.6 is 0 Å². The summed E-state index contributed by atoms with van der Waals surface area (Å²) in [5, 5.41) is 6.95. The van der Waals surface area contributed by atoms with E-state index in [1.165, 1.54) is 19.3 Å². The summed E-state index contributed by atoms with van der Waals surface area (Å²) in [6.07, 6.45) is 3.67. The molecule has 1 aliphatic carbocycles. The van der Waals surface area contributed by atoms with Crippen LogP contribution in [0.25, 0.3) is 0 Å². The van der Waals surface area contributed by atoms with Crippen LogP contribution in [0.4, 0.5) is 0 Å². The number of nitrogens with one attached hydrogen (secondary N) is 2. The van der Waals surface area contributed by atoms with E-state index in [1.807, 2.05) is 0 Å². The molecule has 0 bridgehead atoms. The molecule has 0 unspecified atom stereocenters. The summed E-state index contributed by atoms with van der Waals surface area (Å²) in [7, 11) is 1.74. The zero-order valence-corrected chi connectivity index (χ0v) is 12.0. The zero-order valence-electron chi connectivity index (χ0n) is 12.0. The van der Waals surface area contributed by atoms with Gasteiger partial charge in [-0.1, -0.05) is 24.3 Å². The lowest BCUT2D eigenvalue weighted by Gasteiger charge is -2.10. The first kappa shape index (κ1) is 14.5. The maximum atomic E-state index is 4.99. The fourth-order valence-corrected chi connectivity index (χ4v) is 2.74. The Bertz CT molecular complexity index is 343. The van der Waals surface area contributed by atoms with Crippen molar-refractivity contribution in [1.29, 1.82) is 0 Å². The molecule has 0 atom stereocenters. The number of ether oxygens (including phenoxy) is 1. The van der Waals surface area contributed by atoms with Crippen molar-refractivity contribution in [3.8, 4) is 0 Å². The van der Waals surface area contributed by atoms with E-state index < -0.39 is 0 Å². The molecule has 0 heterocycles. The van der Waals surface area contributed by atoms with Gasteiger partial charge in [-0.25, -0.2) is 0 Å². The van der Waals surface area contributed by atoms with E-state index in [2.05, 4.69) is 34.9 Å². The van der Waals surface area contributed by atoms with Gasteiger partial charge in [-0.15, -0.1) is 0 Å². The van der Waals surface area contributed by atoms with Crippen molar-refractivity contribution in [2.24, 2.45) is 5.92 Å². The zero-order chi connectivity index (χ0) is 13.3. The summed E-state index contributed by atoms with van der Waals surface area (Å²) >= 11 is 0. The van der Waals surface area contributed by atoms with Gasteiger partial charge in [0.05, 0.1) is 6.61 Å². The van der Waals surface area contributed by atoms with Crippen molar-refractivity contribution in [3.63, 3.8) is 0 Å². The monoisotopic (exact) mass is 262 g/mol. The molecule has 0 saturated carbocycles. The molecule has 19 heavy (non-hydrogen) atoms. The van der Waals surface area contributed by atoms with E-state index >= 15 is 0 Å². The summed E-state index contributed by atoms with van der Waals surface area (Å²) in [5.41, 5.74) is 3.10. The second kappa shape index (κ2) is 8.31. The number of methoxy groups -OCH3 is 1. The van der Waals surface area contributed by atoms with Gasteiger partial charge < -0.3 is 15.4 Å². The van der Waals surface area contributed by atoms with E-state index in [0.717, 1.165) is 38.7 Å². The van der Waals surface area contributed by atoms with Crippen molar-refractivity contribution in [2.75, 3.05) is 39.9 Å². The van der Waals surface area contributed by atoms with E-state index in [0.29, 0.717) is 0 Å². The van der Waals surface area contributed by atoms with Crippen LogP contribution in [0.3, 0.4) is 0 Å². The Hall–Kier alpha value is -0.900. The third-order valence-corrected chi connectivity index (χ3v) is 3.76. The van der Waals surface area contributed by atoms with E-state index in [4.69, 9.17) is 4.74 Å². The summed E-state index contributed by atoms with van der Waals surface area (Å²) in [6.45, 7) is 5.07. The highest BCUT2D eigenvalue weighted by molar-refractivity contribution is 5.32. The summed E-state index contributed by atoms with van der Waals surface area (Å²) in [6, 6.07) is 8.85. The van der Waals surface area contributed by atoms with Crippen LogP contribution in [0.15, 0.2) is 24.3 Å². The maximum Gasteiger partial charge on any atom is 0.0587 e. The van der Waals surface area contributed by atoms with Crippen LogP contribution in [-0.2, 0) is 17.6 Å².